The highest BCUT2D eigenvalue weighted by Gasteiger charge is 2.28. The van der Waals surface area contributed by atoms with Gasteiger partial charge in [-0.25, -0.2) is 0 Å². The van der Waals surface area contributed by atoms with Crippen LogP contribution in [0.4, 0.5) is 0 Å². The summed E-state index contributed by atoms with van der Waals surface area (Å²) in [5.74, 6) is 0.462. The van der Waals surface area contributed by atoms with Crippen molar-refractivity contribution in [2.24, 2.45) is 5.92 Å². The van der Waals surface area contributed by atoms with Crippen LogP contribution in [-0.2, 0) is 4.79 Å². The van der Waals surface area contributed by atoms with Gasteiger partial charge in [0.1, 0.15) is 6.61 Å². The topological polar surface area (TPSA) is 37.3 Å². The number of rotatable bonds is 3. The highest BCUT2D eigenvalue weighted by molar-refractivity contribution is 8.14. The van der Waals surface area contributed by atoms with Crippen molar-refractivity contribution in [3.05, 3.63) is 6.61 Å². The van der Waals surface area contributed by atoms with E-state index in [1.807, 2.05) is 0 Å². The fourth-order valence-electron chi connectivity index (χ4n) is 1.72. The minimum Gasteiger partial charge on any atom is -0.384 e. The maximum absolute atomic E-state index is 10.8. The zero-order chi connectivity index (χ0) is 8.97. The molecule has 68 valence electrons. The van der Waals surface area contributed by atoms with Gasteiger partial charge in [-0.3, -0.25) is 4.79 Å². The molecule has 0 amide bonds. The van der Waals surface area contributed by atoms with Crippen molar-refractivity contribution in [2.75, 3.05) is 0 Å². The molecule has 1 aliphatic carbocycles. The van der Waals surface area contributed by atoms with E-state index in [0.29, 0.717) is 17.6 Å². The lowest BCUT2D eigenvalue weighted by molar-refractivity contribution is -0.109. The first-order valence-electron chi connectivity index (χ1n) is 4.28. The minimum atomic E-state index is 0.185. The van der Waals surface area contributed by atoms with Crippen LogP contribution in [0, 0.1) is 12.5 Å². The van der Waals surface area contributed by atoms with E-state index in [4.69, 9.17) is 5.11 Å². The van der Waals surface area contributed by atoms with Crippen LogP contribution in [0.25, 0.3) is 0 Å². The predicted molar refractivity (Wildman–Crippen MR) is 49.2 cm³/mol. The average Bonchev–Trinajstić information content (AvgIpc) is 2.37. The van der Waals surface area contributed by atoms with Gasteiger partial charge in [0.2, 0.25) is 0 Å². The second-order valence-electron chi connectivity index (χ2n) is 3.20. The summed E-state index contributed by atoms with van der Waals surface area (Å²) >= 11 is 1.42. The Kier molecular flexibility index (Phi) is 4.09. The summed E-state index contributed by atoms with van der Waals surface area (Å²) in [6.45, 7) is 3.79. The Morgan fingerprint density at radius 3 is 3.00 bits per heavy atom. The van der Waals surface area contributed by atoms with Gasteiger partial charge in [0.15, 0.2) is 5.12 Å². The third-order valence-electron chi connectivity index (χ3n) is 2.26. The third-order valence-corrected chi connectivity index (χ3v) is 3.52. The van der Waals surface area contributed by atoms with Crippen LogP contribution in [0.1, 0.15) is 32.6 Å². The summed E-state index contributed by atoms with van der Waals surface area (Å²) in [4.78, 5) is 10.8. The van der Waals surface area contributed by atoms with Gasteiger partial charge in [0, 0.05) is 12.2 Å². The van der Waals surface area contributed by atoms with E-state index in [1.54, 1.807) is 6.92 Å². The predicted octanol–water partition coefficient (Wildman–Crippen LogP) is 2.24. The van der Waals surface area contributed by atoms with Crippen molar-refractivity contribution in [3.63, 3.8) is 0 Å². The van der Waals surface area contributed by atoms with Crippen molar-refractivity contribution in [1.82, 2.24) is 0 Å². The SMILES string of the molecule is CC(=O)SC1CCCC1C[C]O. The molecule has 0 aromatic rings. The maximum Gasteiger partial charge on any atom is 0.186 e. The van der Waals surface area contributed by atoms with E-state index in [-0.39, 0.29) is 5.12 Å². The molecule has 1 N–H and O–H groups in total. The van der Waals surface area contributed by atoms with Crippen molar-refractivity contribution in [3.8, 4) is 0 Å². The normalized spacial score (nSPS) is 29.2. The summed E-state index contributed by atoms with van der Waals surface area (Å²) in [5.41, 5.74) is 0. The van der Waals surface area contributed by atoms with Gasteiger partial charge in [-0.1, -0.05) is 18.2 Å². The molecule has 0 bridgehead atoms. The summed E-state index contributed by atoms with van der Waals surface area (Å²) in [7, 11) is 0. The molecule has 0 spiro atoms. The number of carbonyl (C=O) groups is 1. The lowest BCUT2D eigenvalue weighted by Gasteiger charge is -2.15. The van der Waals surface area contributed by atoms with Gasteiger partial charge in [0.25, 0.3) is 0 Å². The lowest BCUT2D eigenvalue weighted by atomic mass is 10.1. The molecule has 12 heavy (non-hydrogen) atoms. The molecular formula is C9H14O2S. The fourth-order valence-corrected chi connectivity index (χ4v) is 2.86. The summed E-state index contributed by atoms with van der Waals surface area (Å²) in [6, 6.07) is 0. The number of aliphatic hydroxyl groups is 1. The molecule has 1 rings (SSSR count). The van der Waals surface area contributed by atoms with E-state index >= 15 is 0 Å². The minimum absolute atomic E-state index is 0.185. The molecule has 2 atom stereocenters. The Morgan fingerprint density at radius 1 is 1.67 bits per heavy atom. The van der Waals surface area contributed by atoms with E-state index in [2.05, 4.69) is 6.61 Å². The summed E-state index contributed by atoms with van der Waals surface area (Å²) < 4.78 is 0. The zero-order valence-electron chi connectivity index (χ0n) is 7.25. The van der Waals surface area contributed by atoms with Crippen LogP contribution >= 0.6 is 11.8 Å². The van der Waals surface area contributed by atoms with Crippen LogP contribution in [0.3, 0.4) is 0 Å². The van der Waals surface area contributed by atoms with Gasteiger partial charge in [-0.2, -0.15) is 0 Å². The van der Waals surface area contributed by atoms with Gasteiger partial charge >= 0.3 is 0 Å². The van der Waals surface area contributed by atoms with Crippen molar-refractivity contribution in [2.45, 2.75) is 37.9 Å². The van der Waals surface area contributed by atoms with Gasteiger partial charge < -0.3 is 5.11 Å². The smallest absolute Gasteiger partial charge is 0.186 e. The summed E-state index contributed by atoms with van der Waals surface area (Å²) in [6.07, 6.45) is 4.03. The average molecular weight is 186 g/mol. The molecule has 0 heterocycles. The molecule has 2 unspecified atom stereocenters. The van der Waals surface area contributed by atoms with E-state index in [9.17, 15) is 4.79 Å². The fraction of sp³-hybridized carbons (Fsp3) is 0.778. The molecule has 1 aliphatic rings. The first-order valence-corrected chi connectivity index (χ1v) is 5.16. The standard InChI is InChI=1S/C9H14O2S/c1-7(11)12-9-4-2-3-8(9)5-6-10/h8-10H,2-5H2,1H3. The number of hydrogen-bond donors (Lipinski definition) is 1. The van der Waals surface area contributed by atoms with Crippen LogP contribution < -0.4 is 0 Å². The number of carbonyl (C=O) groups excluding carboxylic acids is 1. The number of hydrogen-bond acceptors (Lipinski definition) is 3. The first-order chi connectivity index (χ1) is 5.74. The van der Waals surface area contributed by atoms with Crippen LogP contribution in [0.15, 0.2) is 0 Å². The number of aliphatic hydroxyl groups excluding tert-OH is 1. The van der Waals surface area contributed by atoms with Gasteiger partial charge in [-0.15, -0.1) is 0 Å². The Bertz CT molecular complexity index is 159. The lowest BCUT2D eigenvalue weighted by Crippen LogP contribution is -2.11. The van der Waals surface area contributed by atoms with Gasteiger partial charge in [-0.05, 0) is 25.2 Å². The Morgan fingerprint density at radius 2 is 2.42 bits per heavy atom. The molecule has 2 nitrogen and oxygen atoms in total. The molecule has 0 aromatic carbocycles. The van der Waals surface area contributed by atoms with Crippen molar-refractivity contribution >= 4 is 16.9 Å². The second-order valence-corrected chi connectivity index (χ2v) is 4.62. The van der Waals surface area contributed by atoms with E-state index in [0.717, 1.165) is 12.8 Å². The number of thioether (sulfide) groups is 1. The summed E-state index contributed by atoms with van der Waals surface area (Å²) in [5, 5.41) is 9.14. The van der Waals surface area contributed by atoms with Crippen molar-refractivity contribution < 1.29 is 9.90 Å². The molecule has 3 heteroatoms. The quantitative estimate of drug-likeness (QED) is 0.734. The molecule has 1 saturated carbocycles. The first kappa shape index (κ1) is 10.1. The zero-order valence-corrected chi connectivity index (χ0v) is 8.06. The highest BCUT2D eigenvalue weighted by atomic mass is 32.2. The second kappa shape index (κ2) is 4.87. The Balaban J connectivity index is 2.35. The van der Waals surface area contributed by atoms with E-state index in [1.165, 1.54) is 18.2 Å². The molecule has 2 radical (unpaired) electrons. The molecule has 0 aromatic heterocycles. The highest BCUT2D eigenvalue weighted by Crippen LogP contribution is 2.37. The molecule has 0 saturated heterocycles. The van der Waals surface area contributed by atoms with Crippen LogP contribution in [-0.4, -0.2) is 15.5 Å². The largest absolute Gasteiger partial charge is 0.384 e. The van der Waals surface area contributed by atoms with Crippen LogP contribution in [0.2, 0.25) is 0 Å². The van der Waals surface area contributed by atoms with Gasteiger partial charge in [0.05, 0.1) is 0 Å². The molecule has 0 aliphatic heterocycles. The molecule has 1 fully saturated rings. The van der Waals surface area contributed by atoms with Crippen molar-refractivity contribution in [1.29, 1.82) is 0 Å². The molecular weight excluding hydrogens is 172 g/mol. The van der Waals surface area contributed by atoms with E-state index < -0.39 is 0 Å². The third kappa shape index (κ3) is 2.79. The monoisotopic (exact) mass is 186 g/mol. The maximum atomic E-state index is 10.8. The Hall–Kier alpha value is -0.0200. The Labute approximate surface area is 77.7 Å². The van der Waals surface area contributed by atoms with Crippen LogP contribution in [0.5, 0.6) is 0 Å².